The molecule has 2 aromatic carbocycles. The van der Waals surface area contributed by atoms with Crippen LogP contribution >= 0.6 is 15.9 Å². The highest BCUT2D eigenvalue weighted by atomic mass is 79.9. The molecule has 0 aliphatic carbocycles. The van der Waals surface area contributed by atoms with E-state index in [9.17, 15) is 4.79 Å². The fraction of sp³-hybridized carbons (Fsp3) is 0.318. The molecule has 0 heterocycles. The molecule has 27 heavy (non-hydrogen) atoms. The number of nitrogens with one attached hydrogen (secondary N) is 1. The van der Waals surface area contributed by atoms with Crippen LogP contribution in [0.5, 0.6) is 11.5 Å². The van der Waals surface area contributed by atoms with E-state index in [-0.39, 0.29) is 5.91 Å². The number of rotatable bonds is 11. The maximum absolute atomic E-state index is 12.8. The zero-order valence-electron chi connectivity index (χ0n) is 15.7. The van der Waals surface area contributed by atoms with Crippen LogP contribution in [0.4, 0.5) is 5.69 Å². The lowest BCUT2D eigenvalue weighted by Crippen LogP contribution is -2.14. The van der Waals surface area contributed by atoms with Crippen molar-refractivity contribution in [3.8, 4) is 11.5 Å². The Labute approximate surface area is 169 Å². The Morgan fingerprint density at radius 3 is 2.78 bits per heavy atom. The molecule has 0 aliphatic rings. The van der Waals surface area contributed by atoms with Crippen LogP contribution in [0, 0.1) is 0 Å². The molecule has 4 nitrogen and oxygen atoms in total. The molecule has 5 heteroatoms. The van der Waals surface area contributed by atoms with E-state index in [2.05, 4.69) is 34.7 Å². The Kier molecular flexibility index (Phi) is 8.92. The lowest BCUT2D eigenvalue weighted by molar-refractivity contribution is 0.102. The van der Waals surface area contributed by atoms with E-state index in [0.29, 0.717) is 36.0 Å². The van der Waals surface area contributed by atoms with Gasteiger partial charge in [0.05, 0.1) is 12.2 Å². The maximum Gasteiger partial charge on any atom is 0.259 e. The van der Waals surface area contributed by atoms with Gasteiger partial charge in [0.2, 0.25) is 0 Å². The highest BCUT2D eigenvalue weighted by Crippen LogP contribution is 2.25. The van der Waals surface area contributed by atoms with Gasteiger partial charge < -0.3 is 14.8 Å². The predicted molar refractivity (Wildman–Crippen MR) is 114 cm³/mol. The molecule has 0 aliphatic heterocycles. The number of benzene rings is 2. The summed E-state index contributed by atoms with van der Waals surface area (Å²) >= 11 is 3.43. The van der Waals surface area contributed by atoms with Gasteiger partial charge in [-0.25, -0.2) is 0 Å². The summed E-state index contributed by atoms with van der Waals surface area (Å²) in [6.07, 6.45) is 6.17. The van der Waals surface area contributed by atoms with Gasteiger partial charge in [0.1, 0.15) is 18.1 Å². The monoisotopic (exact) mass is 431 g/mol. The minimum atomic E-state index is -0.222. The van der Waals surface area contributed by atoms with Crippen molar-refractivity contribution < 1.29 is 14.3 Å². The molecule has 0 spiro atoms. The predicted octanol–water partition coefficient (Wildman–Crippen LogP) is 6.23. The van der Waals surface area contributed by atoms with Crippen LogP contribution in [0.3, 0.4) is 0 Å². The van der Waals surface area contributed by atoms with Gasteiger partial charge in [-0.2, -0.15) is 0 Å². The average molecular weight is 432 g/mol. The SMILES string of the molecule is C=CCOc1cccc(NC(=O)c2cc(Br)ccc2OCCCCCC)c1. The molecule has 0 saturated heterocycles. The van der Waals surface area contributed by atoms with Crippen molar-refractivity contribution in [2.45, 2.75) is 32.6 Å². The first-order chi connectivity index (χ1) is 13.1. The summed E-state index contributed by atoms with van der Waals surface area (Å²) in [5.41, 5.74) is 1.16. The fourth-order valence-electron chi connectivity index (χ4n) is 2.53. The van der Waals surface area contributed by atoms with E-state index in [0.717, 1.165) is 17.3 Å². The zero-order valence-corrected chi connectivity index (χ0v) is 17.3. The van der Waals surface area contributed by atoms with Gasteiger partial charge in [-0.1, -0.05) is 60.8 Å². The van der Waals surface area contributed by atoms with Crippen molar-refractivity contribution >= 4 is 27.5 Å². The molecule has 144 valence electrons. The normalized spacial score (nSPS) is 10.3. The molecule has 1 N–H and O–H groups in total. The van der Waals surface area contributed by atoms with Crippen LogP contribution in [-0.2, 0) is 0 Å². The zero-order chi connectivity index (χ0) is 19.5. The molecule has 0 saturated carbocycles. The van der Waals surface area contributed by atoms with Crippen molar-refractivity contribution in [1.82, 2.24) is 0 Å². The Morgan fingerprint density at radius 2 is 2.00 bits per heavy atom. The molecule has 0 aromatic heterocycles. The summed E-state index contributed by atoms with van der Waals surface area (Å²) in [7, 11) is 0. The van der Waals surface area contributed by atoms with E-state index in [1.54, 1.807) is 18.2 Å². The van der Waals surface area contributed by atoms with Crippen molar-refractivity contribution in [1.29, 1.82) is 0 Å². The minimum Gasteiger partial charge on any atom is -0.493 e. The number of anilines is 1. The maximum atomic E-state index is 12.8. The molecule has 0 fully saturated rings. The molecule has 0 radical (unpaired) electrons. The lowest BCUT2D eigenvalue weighted by atomic mass is 10.1. The summed E-state index contributed by atoms with van der Waals surface area (Å²) in [5, 5.41) is 2.91. The largest absolute Gasteiger partial charge is 0.493 e. The smallest absolute Gasteiger partial charge is 0.259 e. The van der Waals surface area contributed by atoms with Gasteiger partial charge in [0, 0.05) is 16.2 Å². The second kappa shape index (κ2) is 11.4. The average Bonchev–Trinajstić information content (AvgIpc) is 2.67. The van der Waals surface area contributed by atoms with E-state index in [1.165, 1.54) is 12.8 Å². The first-order valence-electron chi connectivity index (χ1n) is 9.21. The number of ether oxygens (including phenoxy) is 2. The summed E-state index contributed by atoms with van der Waals surface area (Å²) < 4.78 is 12.2. The fourth-order valence-corrected chi connectivity index (χ4v) is 2.89. The number of carbonyl (C=O) groups excluding carboxylic acids is 1. The van der Waals surface area contributed by atoms with Crippen molar-refractivity contribution in [2.24, 2.45) is 0 Å². The van der Waals surface area contributed by atoms with Crippen molar-refractivity contribution in [2.75, 3.05) is 18.5 Å². The first kappa shape index (κ1) is 21.0. The Bertz CT molecular complexity index is 761. The third-order valence-electron chi connectivity index (χ3n) is 3.90. The Morgan fingerprint density at radius 1 is 1.15 bits per heavy atom. The van der Waals surface area contributed by atoms with E-state index in [1.807, 2.05) is 30.3 Å². The van der Waals surface area contributed by atoms with Crippen molar-refractivity contribution in [3.05, 3.63) is 65.2 Å². The van der Waals surface area contributed by atoms with Crippen LogP contribution in [0.2, 0.25) is 0 Å². The van der Waals surface area contributed by atoms with Gasteiger partial charge in [-0.15, -0.1) is 0 Å². The number of carbonyl (C=O) groups is 1. The highest BCUT2D eigenvalue weighted by Gasteiger charge is 2.14. The Balaban J connectivity index is 2.06. The molecule has 0 unspecified atom stereocenters. The molecule has 0 bridgehead atoms. The molecule has 2 aromatic rings. The quantitative estimate of drug-likeness (QED) is 0.339. The van der Waals surface area contributed by atoms with E-state index < -0.39 is 0 Å². The van der Waals surface area contributed by atoms with Crippen LogP contribution < -0.4 is 14.8 Å². The number of unbranched alkanes of at least 4 members (excludes halogenated alkanes) is 3. The number of halogens is 1. The second-order valence-electron chi connectivity index (χ2n) is 6.13. The standard InChI is InChI=1S/C22H26BrNO3/c1-3-5-6-7-14-27-21-12-11-17(23)15-20(21)22(25)24-18-9-8-10-19(16-18)26-13-4-2/h4,8-12,15-16H,2-3,5-7,13-14H2,1H3,(H,24,25). The number of hydrogen-bond acceptors (Lipinski definition) is 3. The van der Waals surface area contributed by atoms with Gasteiger partial charge in [0.15, 0.2) is 0 Å². The molecule has 1 amide bonds. The topological polar surface area (TPSA) is 47.6 Å². The highest BCUT2D eigenvalue weighted by molar-refractivity contribution is 9.10. The van der Waals surface area contributed by atoms with Crippen LogP contribution in [0.1, 0.15) is 43.0 Å². The summed E-state index contributed by atoms with van der Waals surface area (Å²) in [4.78, 5) is 12.8. The number of amides is 1. The summed E-state index contributed by atoms with van der Waals surface area (Å²) in [5.74, 6) is 1.04. The van der Waals surface area contributed by atoms with E-state index >= 15 is 0 Å². The minimum absolute atomic E-state index is 0.222. The van der Waals surface area contributed by atoms with E-state index in [4.69, 9.17) is 9.47 Å². The van der Waals surface area contributed by atoms with Crippen LogP contribution in [-0.4, -0.2) is 19.1 Å². The summed E-state index contributed by atoms with van der Waals surface area (Å²) in [6.45, 7) is 6.83. The molecule has 0 atom stereocenters. The first-order valence-corrected chi connectivity index (χ1v) is 10.0. The number of hydrogen-bond donors (Lipinski definition) is 1. The van der Waals surface area contributed by atoms with Crippen LogP contribution in [0.25, 0.3) is 0 Å². The van der Waals surface area contributed by atoms with Gasteiger partial charge >= 0.3 is 0 Å². The second-order valence-corrected chi connectivity index (χ2v) is 7.05. The third kappa shape index (κ3) is 7.10. The third-order valence-corrected chi connectivity index (χ3v) is 4.39. The van der Waals surface area contributed by atoms with Crippen LogP contribution in [0.15, 0.2) is 59.6 Å². The molecular weight excluding hydrogens is 406 g/mol. The Hall–Kier alpha value is -2.27. The van der Waals surface area contributed by atoms with Gasteiger partial charge in [-0.05, 0) is 36.8 Å². The molecule has 2 rings (SSSR count). The van der Waals surface area contributed by atoms with Gasteiger partial charge in [0.25, 0.3) is 5.91 Å². The van der Waals surface area contributed by atoms with Crippen molar-refractivity contribution in [3.63, 3.8) is 0 Å². The van der Waals surface area contributed by atoms with Gasteiger partial charge in [-0.3, -0.25) is 4.79 Å². The summed E-state index contributed by atoms with van der Waals surface area (Å²) in [6, 6.07) is 12.7. The lowest BCUT2D eigenvalue weighted by Gasteiger charge is -2.13. The molecular formula is C22H26BrNO3.